The van der Waals surface area contributed by atoms with Crippen molar-refractivity contribution in [3.8, 4) is 5.75 Å². The van der Waals surface area contributed by atoms with Crippen molar-refractivity contribution in [3.63, 3.8) is 0 Å². The second-order valence-corrected chi connectivity index (χ2v) is 5.75. The number of hydrogen-bond donors (Lipinski definition) is 0. The average molecular weight is 299 g/mol. The van der Waals surface area contributed by atoms with Gasteiger partial charge in [0, 0.05) is 38.0 Å². The first kappa shape index (κ1) is 14.6. The molecule has 0 bridgehead atoms. The number of rotatable bonds is 4. The minimum Gasteiger partial charge on any atom is -0.490 e. The molecule has 0 saturated carbocycles. The minimum atomic E-state index is 0.00741. The lowest BCUT2D eigenvalue weighted by molar-refractivity contribution is 0.0780. The number of imidazole rings is 1. The third-order valence-electron chi connectivity index (χ3n) is 4.01. The average Bonchev–Trinajstić information content (AvgIpc) is 3.10. The van der Waals surface area contributed by atoms with Crippen LogP contribution in [0.5, 0.6) is 5.75 Å². The summed E-state index contributed by atoms with van der Waals surface area (Å²) in [6, 6.07) is 5.68. The van der Waals surface area contributed by atoms with Gasteiger partial charge in [-0.2, -0.15) is 0 Å². The van der Waals surface area contributed by atoms with Crippen molar-refractivity contribution in [2.45, 2.75) is 39.5 Å². The van der Waals surface area contributed by atoms with E-state index in [0.29, 0.717) is 12.1 Å². The molecule has 22 heavy (non-hydrogen) atoms. The minimum absolute atomic E-state index is 0.00741. The maximum Gasteiger partial charge on any atom is 0.254 e. The molecule has 1 aliphatic rings. The van der Waals surface area contributed by atoms with Crippen LogP contribution >= 0.6 is 0 Å². The van der Waals surface area contributed by atoms with Crippen molar-refractivity contribution in [2.75, 3.05) is 7.05 Å². The van der Waals surface area contributed by atoms with Gasteiger partial charge < -0.3 is 14.2 Å². The lowest BCUT2D eigenvalue weighted by atomic mass is 10.1. The molecule has 0 saturated heterocycles. The van der Waals surface area contributed by atoms with Crippen molar-refractivity contribution < 1.29 is 9.53 Å². The number of nitrogens with zero attached hydrogens (tertiary/aromatic N) is 3. The van der Waals surface area contributed by atoms with Gasteiger partial charge in [0.1, 0.15) is 17.7 Å². The maximum absolute atomic E-state index is 12.6. The number of carbonyl (C=O) groups is 1. The van der Waals surface area contributed by atoms with Gasteiger partial charge in [-0.05, 0) is 37.6 Å². The third-order valence-corrected chi connectivity index (χ3v) is 4.01. The van der Waals surface area contributed by atoms with E-state index in [-0.39, 0.29) is 12.0 Å². The Kier molecular flexibility index (Phi) is 3.88. The number of aryl methyl sites for hydroxylation is 1. The predicted octanol–water partition coefficient (Wildman–Crippen LogP) is 2.50. The Balaban J connectivity index is 1.75. The van der Waals surface area contributed by atoms with Crippen LogP contribution in [0.4, 0.5) is 0 Å². The first-order chi connectivity index (χ1) is 10.6. The first-order valence-corrected chi connectivity index (χ1v) is 7.63. The molecule has 2 aromatic rings. The molecule has 5 heteroatoms. The van der Waals surface area contributed by atoms with Crippen molar-refractivity contribution in [3.05, 3.63) is 47.5 Å². The quantitative estimate of drug-likeness (QED) is 0.871. The standard InChI is InChI=1S/C17H21N3O2/c1-4-20-8-7-18-16(20)11-19(3)17(21)13-5-6-15-14(10-13)9-12(2)22-15/h5-8,10,12H,4,9,11H2,1-3H3/t12-/m1/s1. The van der Waals surface area contributed by atoms with E-state index in [2.05, 4.69) is 11.9 Å². The van der Waals surface area contributed by atoms with E-state index in [0.717, 1.165) is 30.1 Å². The van der Waals surface area contributed by atoms with E-state index < -0.39 is 0 Å². The van der Waals surface area contributed by atoms with Crippen LogP contribution in [0.25, 0.3) is 0 Å². The van der Waals surface area contributed by atoms with Gasteiger partial charge in [-0.25, -0.2) is 4.98 Å². The fourth-order valence-electron chi connectivity index (χ4n) is 2.84. The fourth-order valence-corrected chi connectivity index (χ4v) is 2.84. The summed E-state index contributed by atoms with van der Waals surface area (Å²) in [4.78, 5) is 18.6. The van der Waals surface area contributed by atoms with Crippen LogP contribution in [0.2, 0.25) is 0 Å². The largest absolute Gasteiger partial charge is 0.490 e. The van der Waals surface area contributed by atoms with Gasteiger partial charge in [0.15, 0.2) is 0 Å². The fraction of sp³-hybridized carbons (Fsp3) is 0.412. The molecule has 0 aliphatic carbocycles. The highest BCUT2D eigenvalue weighted by atomic mass is 16.5. The second kappa shape index (κ2) is 5.83. The second-order valence-electron chi connectivity index (χ2n) is 5.75. The molecular formula is C17H21N3O2. The number of aromatic nitrogens is 2. The highest BCUT2D eigenvalue weighted by molar-refractivity contribution is 5.94. The molecule has 1 atom stereocenters. The maximum atomic E-state index is 12.6. The Morgan fingerprint density at radius 1 is 1.50 bits per heavy atom. The van der Waals surface area contributed by atoms with Gasteiger partial charge >= 0.3 is 0 Å². The van der Waals surface area contributed by atoms with Gasteiger partial charge in [-0.15, -0.1) is 0 Å². The highest BCUT2D eigenvalue weighted by Crippen LogP contribution is 2.29. The van der Waals surface area contributed by atoms with E-state index in [1.807, 2.05) is 42.9 Å². The van der Waals surface area contributed by atoms with E-state index in [1.165, 1.54) is 0 Å². The molecule has 2 heterocycles. The molecule has 0 unspecified atom stereocenters. The Morgan fingerprint density at radius 2 is 2.32 bits per heavy atom. The van der Waals surface area contributed by atoms with Crippen LogP contribution in [-0.2, 0) is 19.5 Å². The number of benzene rings is 1. The monoisotopic (exact) mass is 299 g/mol. The SMILES string of the molecule is CCn1ccnc1CN(C)C(=O)c1ccc2c(c1)C[C@@H](C)O2. The van der Waals surface area contributed by atoms with Crippen LogP contribution in [0.1, 0.15) is 35.6 Å². The summed E-state index contributed by atoms with van der Waals surface area (Å²) in [6.07, 6.45) is 4.75. The molecule has 0 N–H and O–H groups in total. The molecule has 1 aliphatic heterocycles. The topological polar surface area (TPSA) is 47.4 Å². The number of amides is 1. The zero-order valence-electron chi connectivity index (χ0n) is 13.2. The molecular weight excluding hydrogens is 278 g/mol. The van der Waals surface area contributed by atoms with E-state index >= 15 is 0 Å². The van der Waals surface area contributed by atoms with Crippen molar-refractivity contribution in [1.29, 1.82) is 0 Å². The van der Waals surface area contributed by atoms with Crippen LogP contribution in [0.3, 0.4) is 0 Å². The molecule has 1 aromatic carbocycles. The van der Waals surface area contributed by atoms with Gasteiger partial charge in [0.05, 0.1) is 6.54 Å². The molecule has 0 radical (unpaired) electrons. The summed E-state index contributed by atoms with van der Waals surface area (Å²) < 4.78 is 7.72. The summed E-state index contributed by atoms with van der Waals surface area (Å²) in [7, 11) is 1.81. The Labute approximate surface area is 130 Å². The summed E-state index contributed by atoms with van der Waals surface area (Å²) in [5, 5.41) is 0. The van der Waals surface area contributed by atoms with Crippen LogP contribution in [-0.4, -0.2) is 33.5 Å². The van der Waals surface area contributed by atoms with Gasteiger partial charge in [-0.3, -0.25) is 4.79 Å². The smallest absolute Gasteiger partial charge is 0.254 e. The first-order valence-electron chi connectivity index (χ1n) is 7.63. The lowest BCUT2D eigenvalue weighted by Crippen LogP contribution is -2.27. The Morgan fingerprint density at radius 3 is 3.09 bits per heavy atom. The number of carbonyl (C=O) groups excluding carboxylic acids is 1. The molecule has 1 amide bonds. The van der Waals surface area contributed by atoms with Crippen LogP contribution in [0, 0.1) is 0 Å². The third kappa shape index (κ3) is 2.71. The van der Waals surface area contributed by atoms with Gasteiger partial charge in [0.25, 0.3) is 5.91 Å². The normalized spacial score (nSPS) is 16.2. The van der Waals surface area contributed by atoms with E-state index in [1.54, 1.807) is 11.1 Å². The summed E-state index contributed by atoms with van der Waals surface area (Å²) in [5.41, 5.74) is 1.82. The molecule has 1 aromatic heterocycles. The summed E-state index contributed by atoms with van der Waals surface area (Å²) in [6.45, 7) is 5.46. The highest BCUT2D eigenvalue weighted by Gasteiger charge is 2.21. The Bertz CT molecular complexity index is 693. The lowest BCUT2D eigenvalue weighted by Gasteiger charge is -2.18. The van der Waals surface area contributed by atoms with Crippen LogP contribution in [0.15, 0.2) is 30.6 Å². The Hall–Kier alpha value is -2.30. The van der Waals surface area contributed by atoms with Crippen molar-refractivity contribution >= 4 is 5.91 Å². The molecule has 3 rings (SSSR count). The number of fused-ring (bicyclic) bond motifs is 1. The van der Waals surface area contributed by atoms with Gasteiger partial charge in [-0.1, -0.05) is 0 Å². The summed E-state index contributed by atoms with van der Waals surface area (Å²) in [5.74, 6) is 1.80. The molecule has 0 spiro atoms. The zero-order chi connectivity index (χ0) is 15.7. The molecule has 0 fully saturated rings. The molecule has 116 valence electrons. The van der Waals surface area contributed by atoms with E-state index in [4.69, 9.17) is 4.74 Å². The van der Waals surface area contributed by atoms with Gasteiger partial charge in [0.2, 0.25) is 0 Å². The number of hydrogen-bond acceptors (Lipinski definition) is 3. The zero-order valence-corrected chi connectivity index (χ0v) is 13.2. The summed E-state index contributed by atoms with van der Waals surface area (Å²) >= 11 is 0. The van der Waals surface area contributed by atoms with E-state index in [9.17, 15) is 4.79 Å². The van der Waals surface area contributed by atoms with Crippen molar-refractivity contribution in [1.82, 2.24) is 14.5 Å². The van der Waals surface area contributed by atoms with Crippen LogP contribution < -0.4 is 4.74 Å². The molecule has 5 nitrogen and oxygen atoms in total. The predicted molar refractivity (Wildman–Crippen MR) is 83.9 cm³/mol. The van der Waals surface area contributed by atoms with Crippen molar-refractivity contribution in [2.24, 2.45) is 0 Å². The number of ether oxygens (including phenoxy) is 1.